The minimum absolute atomic E-state index is 0.150. The highest BCUT2D eigenvalue weighted by Gasteiger charge is 2.20. The Morgan fingerprint density at radius 2 is 2.15 bits per heavy atom. The lowest BCUT2D eigenvalue weighted by Crippen LogP contribution is -2.36. The zero-order valence-electron chi connectivity index (χ0n) is 15.0. The maximum absolute atomic E-state index is 12.7. The first-order valence-corrected chi connectivity index (χ1v) is 10.1. The minimum atomic E-state index is -0.256. The van der Waals surface area contributed by atoms with E-state index < -0.39 is 0 Å². The van der Waals surface area contributed by atoms with Crippen LogP contribution in [0.15, 0.2) is 23.8 Å². The number of pyridine rings is 1. The third kappa shape index (κ3) is 4.55. The molecule has 2 aromatic heterocycles. The van der Waals surface area contributed by atoms with Gasteiger partial charge in [0.15, 0.2) is 5.13 Å². The molecule has 27 heavy (non-hydrogen) atoms. The number of nitrogens with zero attached hydrogens (tertiary/aromatic N) is 3. The summed E-state index contributed by atoms with van der Waals surface area (Å²) in [5, 5.41) is 8.84. The average Bonchev–Trinajstić information content (AvgIpc) is 3.21. The van der Waals surface area contributed by atoms with Crippen LogP contribution in [-0.4, -0.2) is 61.4 Å². The van der Waals surface area contributed by atoms with Crippen molar-refractivity contribution in [3.05, 3.63) is 29.5 Å². The van der Waals surface area contributed by atoms with Crippen LogP contribution >= 0.6 is 11.3 Å². The summed E-state index contributed by atoms with van der Waals surface area (Å²) in [5.41, 5.74) is 0.972. The van der Waals surface area contributed by atoms with Gasteiger partial charge in [-0.1, -0.05) is 0 Å². The van der Waals surface area contributed by atoms with Gasteiger partial charge in [-0.25, -0.2) is 4.98 Å². The zero-order valence-corrected chi connectivity index (χ0v) is 15.8. The van der Waals surface area contributed by atoms with Gasteiger partial charge in [-0.15, -0.1) is 11.3 Å². The largest absolute Gasteiger partial charge is 0.488 e. The van der Waals surface area contributed by atoms with E-state index in [0.717, 1.165) is 44.2 Å². The molecule has 4 heterocycles. The van der Waals surface area contributed by atoms with Gasteiger partial charge in [-0.05, 0) is 25.9 Å². The summed E-state index contributed by atoms with van der Waals surface area (Å²) < 4.78 is 11.5. The fraction of sp³-hybridized carbons (Fsp3) is 0.500. The third-order valence-corrected chi connectivity index (χ3v) is 5.52. The molecule has 1 amide bonds. The number of piperidine rings is 1. The predicted octanol–water partition coefficient (Wildman–Crippen LogP) is 1.76. The molecule has 2 aromatic rings. The fourth-order valence-electron chi connectivity index (χ4n) is 3.13. The van der Waals surface area contributed by atoms with Gasteiger partial charge >= 0.3 is 0 Å². The Kier molecular flexibility index (Phi) is 5.81. The van der Waals surface area contributed by atoms with E-state index in [9.17, 15) is 4.79 Å². The highest BCUT2D eigenvalue weighted by molar-refractivity contribution is 7.14. The van der Waals surface area contributed by atoms with E-state index in [2.05, 4.69) is 25.5 Å². The van der Waals surface area contributed by atoms with Crippen LogP contribution in [-0.2, 0) is 4.74 Å². The molecule has 2 aliphatic rings. The molecule has 4 rings (SSSR count). The number of nitrogens with one attached hydrogen (secondary N) is 2. The SMILES string of the molecule is O=C(Nc1cnccc1OC1CCNCC1)c1csc(N2CCOCC2)n1. The molecule has 0 spiro atoms. The number of anilines is 2. The molecule has 0 saturated carbocycles. The van der Waals surface area contributed by atoms with E-state index in [4.69, 9.17) is 9.47 Å². The molecular weight excluding hydrogens is 366 g/mol. The third-order valence-electron chi connectivity index (χ3n) is 4.62. The van der Waals surface area contributed by atoms with E-state index in [1.807, 2.05) is 0 Å². The number of hydrogen-bond acceptors (Lipinski definition) is 8. The number of thiazole rings is 1. The number of ether oxygens (including phenoxy) is 2. The van der Waals surface area contributed by atoms with Crippen LogP contribution in [0.2, 0.25) is 0 Å². The normalized spacial score (nSPS) is 18.3. The van der Waals surface area contributed by atoms with Crippen LogP contribution in [0.4, 0.5) is 10.8 Å². The summed E-state index contributed by atoms with van der Waals surface area (Å²) in [5.74, 6) is 0.391. The lowest BCUT2D eigenvalue weighted by atomic mass is 10.1. The first-order chi connectivity index (χ1) is 13.3. The maximum Gasteiger partial charge on any atom is 0.275 e. The Bertz CT molecular complexity index is 772. The number of hydrogen-bond donors (Lipinski definition) is 2. The highest BCUT2D eigenvalue weighted by Crippen LogP contribution is 2.27. The Hall–Kier alpha value is -2.23. The Balaban J connectivity index is 1.42. The second-order valence-electron chi connectivity index (χ2n) is 6.51. The summed E-state index contributed by atoms with van der Waals surface area (Å²) in [6.07, 6.45) is 5.33. The van der Waals surface area contributed by atoms with E-state index in [0.29, 0.717) is 30.3 Å². The number of rotatable bonds is 5. The second kappa shape index (κ2) is 8.64. The van der Waals surface area contributed by atoms with Crippen molar-refractivity contribution < 1.29 is 14.3 Å². The summed E-state index contributed by atoms with van der Waals surface area (Å²) in [7, 11) is 0. The van der Waals surface area contributed by atoms with E-state index >= 15 is 0 Å². The Labute approximate surface area is 161 Å². The molecule has 0 unspecified atom stereocenters. The van der Waals surface area contributed by atoms with Crippen molar-refractivity contribution >= 4 is 28.1 Å². The molecule has 0 aromatic carbocycles. The zero-order chi connectivity index (χ0) is 18.5. The summed E-state index contributed by atoms with van der Waals surface area (Å²) >= 11 is 1.47. The Morgan fingerprint density at radius 1 is 1.33 bits per heavy atom. The van der Waals surface area contributed by atoms with E-state index in [1.54, 1.807) is 23.8 Å². The van der Waals surface area contributed by atoms with E-state index in [1.165, 1.54) is 11.3 Å². The highest BCUT2D eigenvalue weighted by atomic mass is 32.1. The molecule has 0 atom stereocenters. The van der Waals surface area contributed by atoms with Gasteiger partial charge in [0.1, 0.15) is 23.2 Å². The van der Waals surface area contributed by atoms with Crippen LogP contribution in [0.1, 0.15) is 23.3 Å². The molecule has 8 nitrogen and oxygen atoms in total. The van der Waals surface area contributed by atoms with Crippen LogP contribution in [0, 0.1) is 0 Å². The van der Waals surface area contributed by atoms with Gasteiger partial charge in [0, 0.05) is 30.7 Å². The fourth-order valence-corrected chi connectivity index (χ4v) is 3.99. The van der Waals surface area contributed by atoms with Crippen molar-refractivity contribution in [2.45, 2.75) is 18.9 Å². The summed E-state index contributed by atoms with van der Waals surface area (Å²) in [6.45, 7) is 4.86. The molecule has 0 bridgehead atoms. The Morgan fingerprint density at radius 3 is 2.96 bits per heavy atom. The summed E-state index contributed by atoms with van der Waals surface area (Å²) in [6, 6.07) is 1.79. The first-order valence-electron chi connectivity index (χ1n) is 9.20. The molecule has 0 radical (unpaired) electrons. The lowest BCUT2D eigenvalue weighted by Gasteiger charge is -2.26. The van der Waals surface area contributed by atoms with Crippen molar-refractivity contribution in [3.8, 4) is 5.75 Å². The van der Waals surface area contributed by atoms with Crippen molar-refractivity contribution in [1.29, 1.82) is 0 Å². The maximum atomic E-state index is 12.7. The average molecular weight is 389 g/mol. The van der Waals surface area contributed by atoms with Crippen molar-refractivity contribution in [2.24, 2.45) is 0 Å². The van der Waals surface area contributed by atoms with Gasteiger partial charge in [0.05, 0.1) is 19.4 Å². The number of carbonyl (C=O) groups is 1. The standard InChI is InChI=1S/C18H23N5O3S/c24-17(15-12-27-18(22-15)23-7-9-25-10-8-23)21-14-11-20-6-3-16(14)26-13-1-4-19-5-2-13/h3,6,11-13,19H,1-2,4-5,7-10H2,(H,21,24). The van der Waals surface area contributed by atoms with Gasteiger partial charge in [-0.3, -0.25) is 9.78 Å². The number of amides is 1. The van der Waals surface area contributed by atoms with Crippen LogP contribution in [0.25, 0.3) is 0 Å². The van der Waals surface area contributed by atoms with Gasteiger partial charge < -0.3 is 25.0 Å². The number of morpholine rings is 1. The first kappa shape index (κ1) is 18.1. The van der Waals surface area contributed by atoms with E-state index in [-0.39, 0.29) is 12.0 Å². The predicted molar refractivity (Wildman–Crippen MR) is 104 cm³/mol. The monoisotopic (exact) mass is 389 g/mol. The molecule has 2 fully saturated rings. The number of aromatic nitrogens is 2. The smallest absolute Gasteiger partial charge is 0.275 e. The van der Waals surface area contributed by atoms with Crippen LogP contribution in [0.3, 0.4) is 0 Å². The molecule has 9 heteroatoms. The van der Waals surface area contributed by atoms with Crippen molar-refractivity contribution in [3.63, 3.8) is 0 Å². The topological polar surface area (TPSA) is 88.6 Å². The van der Waals surface area contributed by atoms with Crippen molar-refractivity contribution in [1.82, 2.24) is 15.3 Å². The molecule has 2 aliphatic heterocycles. The number of carbonyl (C=O) groups excluding carboxylic acids is 1. The molecule has 2 N–H and O–H groups in total. The molecule has 0 aliphatic carbocycles. The van der Waals surface area contributed by atoms with Gasteiger partial charge in [0.25, 0.3) is 5.91 Å². The molecule has 144 valence electrons. The minimum Gasteiger partial charge on any atom is -0.488 e. The van der Waals surface area contributed by atoms with Crippen LogP contribution < -0.4 is 20.3 Å². The van der Waals surface area contributed by atoms with Gasteiger partial charge in [-0.2, -0.15) is 0 Å². The lowest BCUT2D eigenvalue weighted by molar-refractivity contribution is 0.102. The quantitative estimate of drug-likeness (QED) is 0.805. The molecular formula is C18H23N5O3S. The van der Waals surface area contributed by atoms with Crippen molar-refractivity contribution in [2.75, 3.05) is 49.6 Å². The van der Waals surface area contributed by atoms with Gasteiger partial charge in [0.2, 0.25) is 0 Å². The molecule has 2 saturated heterocycles. The second-order valence-corrected chi connectivity index (χ2v) is 7.34. The van der Waals surface area contributed by atoms with Crippen LogP contribution in [0.5, 0.6) is 5.75 Å². The summed E-state index contributed by atoms with van der Waals surface area (Å²) in [4.78, 5) is 23.4.